The highest BCUT2D eigenvalue weighted by Gasteiger charge is 2.15. The van der Waals surface area contributed by atoms with Crippen LogP contribution in [0.25, 0.3) is 0 Å². The molecule has 0 amide bonds. The minimum absolute atomic E-state index is 0.00947. The first kappa shape index (κ1) is 17.6. The number of aliphatic hydroxyl groups is 1. The summed E-state index contributed by atoms with van der Waals surface area (Å²) in [6, 6.07) is 3.52. The molecule has 0 spiro atoms. The van der Waals surface area contributed by atoms with Crippen LogP contribution in [-0.2, 0) is 6.54 Å². The molecule has 114 valence electrons. The van der Waals surface area contributed by atoms with E-state index in [4.69, 9.17) is 33.0 Å². The van der Waals surface area contributed by atoms with Crippen molar-refractivity contribution in [2.45, 2.75) is 39.8 Å². The second kappa shape index (κ2) is 7.51. The summed E-state index contributed by atoms with van der Waals surface area (Å²) in [6.07, 6.45) is 0. The molecule has 0 aromatic heterocycles. The number of ether oxygens (including phenoxy) is 1. The van der Waals surface area contributed by atoms with Crippen molar-refractivity contribution < 1.29 is 9.84 Å². The average Bonchev–Trinajstić information content (AvgIpc) is 2.33. The molecule has 0 aliphatic carbocycles. The highest BCUT2D eigenvalue weighted by molar-refractivity contribution is 6.35. The van der Waals surface area contributed by atoms with E-state index in [-0.39, 0.29) is 18.1 Å². The van der Waals surface area contributed by atoms with E-state index in [1.54, 1.807) is 6.07 Å². The lowest BCUT2D eigenvalue weighted by molar-refractivity contribution is 0.173. The summed E-state index contributed by atoms with van der Waals surface area (Å²) in [5.41, 5.74) is 0.910. The molecule has 1 atom stereocenters. The largest absolute Gasteiger partial charge is 0.491 e. The zero-order valence-electron chi connectivity index (χ0n) is 12.5. The highest BCUT2D eigenvalue weighted by Crippen LogP contribution is 2.33. The second-order valence-electron chi connectivity index (χ2n) is 6.08. The molecule has 0 aliphatic rings. The Morgan fingerprint density at radius 3 is 2.50 bits per heavy atom. The summed E-state index contributed by atoms with van der Waals surface area (Å²) in [6.45, 7) is 9.30. The van der Waals surface area contributed by atoms with Crippen molar-refractivity contribution in [3.05, 3.63) is 27.7 Å². The van der Waals surface area contributed by atoms with Gasteiger partial charge in [-0.15, -0.1) is 0 Å². The van der Waals surface area contributed by atoms with Crippen molar-refractivity contribution >= 4 is 23.2 Å². The van der Waals surface area contributed by atoms with Gasteiger partial charge < -0.3 is 15.2 Å². The summed E-state index contributed by atoms with van der Waals surface area (Å²) in [4.78, 5) is 0. The minimum atomic E-state index is -0.00947. The monoisotopic (exact) mass is 319 g/mol. The lowest BCUT2D eigenvalue weighted by Gasteiger charge is -2.22. The van der Waals surface area contributed by atoms with E-state index < -0.39 is 0 Å². The van der Waals surface area contributed by atoms with Crippen molar-refractivity contribution in [3.8, 4) is 5.75 Å². The number of hydrogen-bond donors (Lipinski definition) is 2. The van der Waals surface area contributed by atoms with E-state index in [2.05, 4.69) is 26.1 Å². The summed E-state index contributed by atoms with van der Waals surface area (Å²) in [7, 11) is 0. The van der Waals surface area contributed by atoms with Crippen molar-refractivity contribution in [2.24, 2.45) is 5.92 Å². The first-order valence-electron chi connectivity index (χ1n) is 6.69. The molecule has 5 heteroatoms. The Bertz CT molecular complexity index is 444. The van der Waals surface area contributed by atoms with Gasteiger partial charge in [0.2, 0.25) is 0 Å². The van der Waals surface area contributed by atoms with E-state index in [1.807, 2.05) is 13.0 Å². The van der Waals surface area contributed by atoms with Gasteiger partial charge in [0.05, 0.1) is 11.6 Å². The Labute approximate surface area is 131 Å². The van der Waals surface area contributed by atoms with Gasteiger partial charge in [0, 0.05) is 35.2 Å². The van der Waals surface area contributed by atoms with Crippen LogP contribution in [0.4, 0.5) is 0 Å². The van der Waals surface area contributed by atoms with Gasteiger partial charge in [-0.25, -0.2) is 0 Å². The topological polar surface area (TPSA) is 41.5 Å². The molecular formula is C15H23Cl2NO2. The first-order valence-corrected chi connectivity index (χ1v) is 7.45. The van der Waals surface area contributed by atoms with Crippen LogP contribution in [0.3, 0.4) is 0 Å². The van der Waals surface area contributed by atoms with Gasteiger partial charge >= 0.3 is 0 Å². The second-order valence-corrected chi connectivity index (χ2v) is 6.92. The number of hydrogen-bond acceptors (Lipinski definition) is 3. The van der Waals surface area contributed by atoms with Crippen LogP contribution < -0.4 is 10.1 Å². The highest BCUT2D eigenvalue weighted by atomic mass is 35.5. The van der Waals surface area contributed by atoms with Gasteiger partial charge in [-0.2, -0.15) is 0 Å². The molecule has 0 saturated carbocycles. The van der Waals surface area contributed by atoms with Gasteiger partial charge in [-0.3, -0.25) is 0 Å². The smallest absolute Gasteiger partial charge is 0.142 e. The fourth-order valence-corrected chi connectivity index (χ4v) is 2.14. The van der Waals surface area contributed by atoms with E-state index in [1.165, 1.54) is 0 Å². The maximum absolute atomic E-state index is 9.06. The van der Waals surface area contributed by atoms with Crippen LogP contribution in [0.15, 0.2) is 12.1 Å². The van der Waals surface area contributed by atoms with Crippen LogP contribution in [0, 0.1) is 5.92 Å². The number of halogens is 2. The number of nitrogens with one attached hydrogen (secondary N) is 1. The van der Waals surface area contributed by atoms with Gasteiger partial charge in [0.15, 0.2) is 0 Å². The van der Waals surface area contributed by atoms with Crippen LogP contribution in [0.2, 0.25) is 10.0 Å². The maximum atomic E-state index is 9.06. The zero-order chi connectivity index (χ0) is 15.3. The van der Waals surface area contributed by atoms with E-state index >= 15 is 0 Å². The molecule has 1 rings (SSSR count). The van der Waals surface area contributed by atoms with Gasteiger partial charge in [0.25, 0.3) is 0 Å². The lowest BCUT2D eigenvalue weighted by atomic mass is 10.1. The molecule has 1 aromatic carbocycles. The molecule has 0 aliphatic heterocycles. The summed E-state index contributed by atoms with van der Waals surface area (Å²) in [5, 5.41) is 13.5. The standard InChI is InChI=1S/C15H23Cl2NO2/c1-10(8-19)9-20-14-11(7-18-15(2,3)4)5-12(16)6-13(14)17/h5-6,10,18-19H,7-9H2,1-4H3. The molecule has 2 N–H and O–H groups in total. The minimum Gasteiger partial charge on any atom is -0.491 e. The predicted molar refractivity (Wildman–Crippen MR) is 84.8 cm³/mol. The van der Waals surface area contributed by atoms with E-state index in [0.29, 0.717) is 28.9 Å². The van der Waals surface area contributed by atoms with Crippen molar-refractivity contribution in [3.63, 3.8) is 0 Å². The maximum Gasteiger partial charge on any atom is 0.142 e. The number of rotatable bonds is 6. The van der Waals surface area contributed by atoms with Crippen molar-refractivity contribution in [1.29, 1.82) is 0 Å². The molecule has 0 radical (unpaired) electrons. The summed E-state index contributed by atoms with van der Waals surface area (Å²) < 4.78 is 5.75. The van der Waals surface area contributed by atoms with Gasteiger partial charge in [-0.1, -0.05) is 30.1 Å². The molecule has 0 fully saturated rings. The molecule has 0 heterocycles. The van der Waals surface area contributed by atoms with Crippen molar-refractivity contribution in [1.82, 2.24) is 5.32 Å². The van der Waals surface area contributed by atoms with E-state index in [0.717, 1.165) is 5.56 Å². The SMILES string of the molecule is CC(CO)COc1c(Cl)cc(Cl)cc1CNC(C)(C)C. The Kier molecular flexibility index (Phi) is 6.59. The number of aliphatic hydroxyl groups excluding tert-OH is 1. The van der Waals surface area contributed by atoms with Crippen LogP contribution in [-0.4, -0.2) is 23.9 Å². The Hall–Kier alpha value is -0.480. The van der Waals surface area contributed by atoms with Crippen LogP contribution in [0.1, 0.15) is 33.3 Å². The van der Waals surface area contributed by atoms with Gasteiger partial charge in [0.1, 0.15) is 5.75 Å². The summed E-state index contributed by atoms with van der Waals surface area (Å²) >= 11 is 12.3. The normalized spacial score (nSPS) is 13.3. The molecule has 0 bridgehead atoms. The molecule has 1 unspecified atom stereocenters. The Morgan fingerprint density at radius 2 is 1.95 bits per heavy atom. The fourth-order valence-electron chi connectivity index (χ4n) is 1.55. The molecule has 3 nitrogen and oxygen atoms in total. The third-order valence-electron chi connectivity index (χ3n) is 2.72. The van der Waals surface area contributed by atoms with Crippen LogP contribution in [0.5, 0.6) is 5.75 Å². The zero-order valence-corrected chi connectivity index (χ0v) is 14.0. The predicted octanol–water partition coefficient (Wildman–Crippen LogP) is 3.89. The summed E-state index contributed by atoms with van der Waals surface area (Å²) in [5.74, 6) is 0.693. The molecular weight excluding hydrogens is 297 g/mol. The molecule has 1 aromatic rings. The Morgan fingerprint density at radius 1 is 1.30 bits per heavy atom. The van der Waals surface area contributed by atoms with Crippen molar-refractivity contribution in [2.75, 3.05) is 13.2 Å². The lowest BCUT2D eigenvalue weighted by Crippen LogP contribution is -2.35. The van der Waals surface area contributed by atoms with Gasteiger partial charge in [-0.05, 0) is 32.9 Å². The molecule has 0 saturated heterocycles. The number of benzene rings is 1. The van der Waals surface area contributed by atoms with E-state index in [9.17, 15) is 0 Å². The van der Waals surface area contributed by atoms with Crippen LogP contribution >= 0.6 is 23.2 Å². The molecule has 20 heavy (non-hydrogen) atoms. The average molecular weight is 320 g/mol. The third-order valence-corrected chi connectivity index (χ3v) is 3.22. The fraction of sp³-hybridized carbons (Fsp3) is 0.600. The Balaban J connectivity index is 2.89. The first-order chi connectivity index (χ1) is 9.23. The third kappa shape index (κ3) is 5.88. The quantitative estimate of drug-likeness (QED) is 0.835.